The van der Waals surface area contributed by atoms with Gasteiger partial charge in [0.15, 0.2) is 5.41 Å². The quantitative estimate of drug-likeness (QED) is 0.0630. The maximum absolute atomic E-state index is 12.7. The molecule has 0 aromatic rings. The summed E-state index contributed by atoms with van der Waals surface area (Å²) in [6.45, 7) is 10.8. The van der Waals surface area contributed by atoms with Crippen LogP contribution in [0.2, 0.25) is 0 Å². The third-order valence-electron chi connectivity index (χ3n) is 5.32. The lowest BCUT2D eigenvalue weighted by Crippen LogP contribution is -2.40. The summed E-state index contributed by atoms with van der Waals surface area (Å²) in [6.07, 6.45) is 11.6. The zero-order valence-corrected chi connectivity index (χ0v) is 21.7. The lowest BCUT2D eigenvalue weighted by Gasteiger charge is -2.26. The van der Waals surface area contributed by atoms with Gasteiger partial charge in [-0.3, -0.25) is 9.59 Å². The molecule has 0 N–H and O–H groups in total. The molecule has 0 bridgehead atoms. The Kier molecular flexibility index (Phi) is 17.2. The molecule has 5 heteroatoms. The van der Waals surface area contributed by atoms with Crippen molar-refractivity contribution >= 4 is 34.5 Å². The molecule has 0 unspecified atom stereocenters. The van der Waals surface area contributed by atoms with Gasteiger partial charge in [0.1, 0.15) is 0 Å². The van der Waals surface area contributed by atoms with E-state index < -0.39 is 17.4 Å². The third-order valence-corrected chi connectivity index (χ3v) is 6.08. The largest absolute Gasteiger partial charge is 0.465 e. The zero-order chi connectivity index (χ0) is 22.1. The van der Waals surface area contributed by atoms with E-state index in [1.807, 2.05) is 0 Å². The number of unbranched alkanes of at least 4 members (excludes halogenated alkanes) is 7. The van der Waals surface area contributed by atoms with Gasteiger partial charge in [-0.25, -0.2) is 0 Å². The standard InChI is InChI=1S/C24H45IO4/c1-20(2)14-18-28-22(26)24(5,23(27)29-19-15-21(3)4)16-12-10-8-6-7-9-11-13-17-25/h20-21H,6-19H2,1-5H3. The second-order valence-corrected chi connectivity index (χ2v) is 10.3. The van der Waals surface area contributed by atoms with Gasteiger partial charge < -0.3 is 9.47 Å². The molecule has 29 heavy (non-hydrogen) atoms. The van der Waals surface area contributed by atoms with E-state index in [0.717, 1.165) is 32.1 Å². The minimum Gasteiger partial charge on any atom is -0.465 e. The SMILES string of the molecule is CC(C)CCOC(=O)C(C)(CCCCCCCCCCI)C(=O)OCCC(C)C. The number of ether oxygens (including phenoxy) is 2. The van der Waals surface area contributed by atoms with Gasteiger partial charge in [0, 0.05) is 0 Å². The molecule has 0 heterocycles. The molecule has 0 atom stereocenters. The number of halogens is 1. The summed E-state index contributed by atoms with van der Waals surface area (Å²) >= 11 is 2.43. The molecule has 0 aliphatic carbocycles. The van der Waals surface area contributed by atoms with Crippen LogP contribution >= 0.6 is 22.6 Å². The average molecular weight is 525 g/mol. The second kappa shape index (κ2) is 17.4. The van der Waals surface area contributed by atoms with Crippen molar-refractivity contribution in [3.63, 3.8) is 0 Å². The molecule has 0 aliphatic heterocycles. The molecule has 0 aromatic heterocycles. The number of carbonyl (C=O) groups excluding carboxylic acids is 2. The summed E-state index contributed by atoms with van der Waals surface area (Å²) in [5.41, 5.74) is -1.19. The van der Waals surface area contributed by atoms with E-state index in [-0.39, 0.29) is 0 Å². The van der Waals surface area contributed by atoms with Crippen LogP contribution in [0, 0.1) is 17.3 Å². The van der Waals surface area contributed by atoms with E-state index >= 15 is 0 Å². The normalized spacial score (nSPS) is 11.9. The third kappa shape index (κ3) is 14.3. The Morgan fingerprint density at radius 2 is 1.10 bits per heavy atom. The summed E-state index contributed by atoms with van der Waals surface area (Å²) in [7, 11) is 0. The van der Waals surface area contributed by atoms with E-state index in [2.05, 4.69) is 50.3 Å². The van der Waals surface area contributed by atoms with Crippen LogP contribution in [0.4, 0.5) is 0 Å². The van der Waals surface area contributed by atoms with Crippen molar-refractivity contribution in [2.75, 3.05) is 17.6 Å². The fraction of sp³-hybridized carbons (Fsp3) is 0.917. The molecule has 0 saturated heterocycles. The Labute approximate surface area is 193 Å². The topological polar surface area (TPSA) is 52.6 Å². The summed E-state index contributed by atoms with van der Waals surface area (Å²) in [5, 5.41) is 0. The summed E-state index contributed by atoms with van der Waals surface area (Å²) in [5.74, 6) is 0.0749. The van der Waals surface area contributed by atoms with Crippen LogP contribution in [0.15, 0.2) is 0 Å². The fourth-order valence-electron chi connectivity index (χ4n) is 3.01. The molecular weight excluding hydrogens is 479 g/mol. The molecule has 172 valence electrons. The van der Waals surface area contributed by atoms with Crippen molar-refractivity contribution in [2.24, 2.45) is 17.3 Å². The van der Waals surface area contributed by atoms with Crippen LogP contribution in [0.25, 0.3) is 0 Å². The zero-order valence-electron chi connectivity index (χ0n) is 19.6. The van der Waals surface area contributed by atoms with Crippen molar-refractivity contribution in [3.8, 4) is 0 Å². The minimum absolute atomic E-state index is 0.364. The van der Waals surface area contributed by atoms with Gasteiger partial charge in [-0.1, -0.05) is 95.2 Å². The molecule has 0 saturated carbocycles. The molecule has 0 radical (unpaired) electrons. The Balaban J connectivity index is 4.50. The highest BCUT2D eigenvalue weighted by Crippen LogP contribution is 2.29. The van der Waals surface area contributed by atoms with Gasteiger partial charge in [0.25, 0.3) is 0 Å². The van der Waals surface area contributed by atoms with Crippen LogP contribution in [-0.2, 0) is 19.1 Å². The number of rotatable bonds is 18. The molecular formula is C24H45IO4. The van der Waals surface area contributed by atoms with Gasteiger partial charge in [0.05, 0.1) is 13.2 Å². The van der Waals surface area contributed by atoms with Crippen molar-refractivity contribution < 1.29 is 19.1 Å². The first-order valence-electron chi connectivity index (χ1n) is 11.6. The summed E-state index contributed by atoms with van der Waals surface area (Å²) in [4.78, 5) is 25.5. The molecule has 0 aliphatic rings. The van der Waals surface area contributed by atoms with Crippen molar-refractivity contribution in [1.29, 1.82) is 0 Å². The maximum atomic E-state index is 12.7. The van der Waals surface area contributed by atoms with Gasteiger partial charge in [0.2, 0.25) is 0 Å². The van der Waals surface area contributed by atoms with Crippen molar-refractivity contribution in [1.82, 2.24) is 0 Å². The molecule has 0 rings (SSSR count). The highest BCUT2D eigenvalue weighted by molar-refractivity contribution is 14.1. The summed E-state index contributed by atoms with van der Waals surface area (Å²) < 4.78 is 12.2. The molecule has 0 spiro atoms. The van der Waals surface area contributed by atoms with Crippen molar-refractivity contribution in [3.05, 3.63) is 0 Å². The number of hydrogen-bond donors (Lipinski definition) is 0. The summed E-state index contributed by atoms with van der Waals surface area (Å²) in [6, 6.07) is 0. The van der Waals surface area contributed by atoms with Gasteiger partial charge >= 0.3 is 11.9 Å². The van der Waals surface area contributed by atoms with E-state index in [9.17, 15) is 9.59 Å². The Morgan fingerprint density at radius 3 is 1.48 bits per heavy atom. The van der Waals surface area contributed by atoms with E-state index in [0.29, 0.717) is 31.5 Å². The predicted molar refractivity (Wildman–Crippen MR) is 129 cm³/mol. The van der Waals surface area contributed by atoms with Gasteiger partial charge in [-0.15, -0.1) is 0 Å². The fourth-order valence-corrected chi connectivity index (χ4v) is 3.55. The lowest BCUT2D eigenvalue weighted by atomic mass is 9.84. The van der Waals surface area contributed by atoms with Crippen molar-refractivity contribution in [2.45, 2.75) is 105 Å². The number of esters is 2. The Bertz CT molecular complexity index is 409. The Morgan fingerprint density at radius 1 is 0.724 bits per heavy atom. The number of carbonyl (C=O) groups is 2. The van der Waals surface area contributed by atoms with E-state index in [1.165, 1.54) is 36.5 Å². The van der Waals surface area contributed by atoms with Crippen LogP contribution in [0.5, 0.6) is 0 Å². The second-order valence-electron chi connectivity index (χ2n) is 9.24. The highest BCUT2D eigenvalue weighted by Gasteiger charge is 2.43. The maximum Gasteiger partial charge on any atom is 0.323 e. The van der Waals surface area contributed by atoms with Crippen LogP contribution in [-0.4, -0.2) is 29.6 Å². The smallest absolute Gasteiger partial charge is 0.323 e. The first kappa shape index (κ1) is 28.7. The predicted octanol–water partition coefficient (Wildman–Crippen LogP) is 7.12. The van der Waals surface area contributed by atoms with Gasteiger partial charge in [-0.2, -0.15) is 0 Å². The van der Waals surface area contributed by atoms with Crippen LogP contribution in [0.3, 0.4) is 0 Å². The molecule has 0 aromatic carbocycles. The van der Waals surface area contributed by atoms with Gasteiger partial charge in [-0.05, 0) is 48.9 Å². The first-order valence-corrected chi connectivity index (χ1v) is 13.2. The van der Waals surface area contributed by atoms with E-state index in [1.54, 1.807) is 6.92 Å². The highest BCUT2D eigenvalue weighted by atomic mass is 127. The first-order chi connectivity index (χ1) is 13.7. The van der Waals surface area contributed by atoms with E-state index in [4.69, 9.17) is 9.47 Å². The van der Waals surface area contributed by atoms with Crippen LogP contribution < -0.4 is 0 Å². The number of hydrogen-bond acceptors (Lipinski definition) is 4. The lowest BCUT2D eigenvalue weighted by molar-refractivity contribution is -0.172. The molecule has 4 nitrogen and oxygen atoms in total. The number of alkyl halides is 1. The molecule has 0 amide bonds. The average Bonchev–Trinajstić information content (AvgIpc) is 2.65. The molecule has 0 fully saturated rings. The Hall–Kier alpha value is -0.330. The van der Waals surface area contributed by atoms with Crippen LogP contribution in [0.1, 0.15) is 105 Å². The minimum atomic E-state index is -1.19. The monoisotopic (exact) mass is 524 g/mol.